The van der Waals surface area contributed by atoms with Gasteiger partial charge in [0, 0.05) is 0 Å². The van der Waals surface area contributed by atoms with Gasteiger partial charge in [-0.25, -0.2) is 0 Å². The molecule has 1 aromatic carbocycles. The molecule has 0 aliphatic carbocycles. The Bertz CT molecular complexity index is 337. The summed E-state index contributed by atoms with van der Waals surface area (Å²) in [7, 11) is 0. The molecule has 0 fully saturated rings. The van der Waals surface area contributed by atoms with E-state index in [-0.39, 0.29) is 68.0 Å². The molecule has 0 saturated heterocycles. The molecule has 0 aliphatic heterocycles. The van der Waals surface area contributed by atoms with E-state index >= 15 is 0 Å². The Morgan fingerprint density at radius 1 is 1.00 bits per heavy atom. The summed E-state index contributed by atoms with van der Waals surface area (Å²) in [4.78, 5) is 0. The summed E-state index contributed by atoms with van der Waals surface area (Å²) in [5.41, 5.74) is 1.13. The van der Waals surface area contributed by atoms with Gasteiger partial charge < -0.3 is 5.11 Å². The first-order chi connectivity index (χ1) is 6.72. The van der Waals surface area contributed by atoms with Gasteiger partial charge in [-0.05, 0) is 17.3 Å². The number of hydrogen-bond acceptors (Lipinski definition) is 1. The zero-order valence-electron chi connectivity index (χ0n) is 11.4. The van der Waals surface area contributed by atoms with E-state index < -0.39 is 0 Å². The van der Waals surface area contributed by atoms with Crippen LogP contribution < -0.4 is 56.5 Å². The van der Waals surface area contributed by atoms with Crippen LogP contribution in [0.25, 0.3) is 0 Å². The van der Waals surface area contributed by atoms with E-state index in [9.17, 15) is 5.11 Å². The molecular weight excluding hydrogens is 223 g/mol. The molecule has 1 aromatic rings. The minimum Gasteiger partial charge on any atom is -0.872 e. The molecule has 16 heavy (non-hydrogen) atoms. The van der Waals surface area contributed by atoms with Crippen LogP contribution in [0.1, 0.15) is 46.6 Å². The molecule has 84 valence electrons. The molecule has 2 heteroatoms. The molecule has 0 heterocycles. The second kappa shape index (κ2) is 6.01. The second-order valence-electron chi connectivity index (χ2n) is 6.12. The quantitative estimate of drug-likeness (QED) is 0.694. The van der Waals surface area contributed by atoms with Gasteiger partial charge in [0.15, 0.2) is 0 Å². The van der Waals surface area contributed by atoms with E-state index in [2.05, 4.69) is 34.6 Å². The Kier molecular flexibility index (Phi) is 6.26. The SMILES string of the molecule is CC(C)(C)CC(C)(C)c1ccccc1[O-].[K+]. The molecule has 0 unspecified atom stereocenters. The monoisotopic (exact) mass is 244 g/mol. The normalized spacial score (nSPS) is 12.1. The van der Waals surface area contributed by atoms with Gasteiger partial charge in [-0.15, -0.1) is 5.75 Å². The molecule has 1 rings (SSSR count). The van der Waals surface area contributed by atoms with Crippen molar-refractivity contribution in [3.8, 4) is 5.75 Å². The average Bonchev–Trinajstić information content (AvgIpc) is 1.99. The minimum atomic E-state index is -0.0450. The molecule has 0 bridgehead atoms. The molecule has 0 saturated carbocycles. The van der Waals surface area contributed by atoms with Crippen LogP contribution in [-0.2, 0) is 5.41 Å². The fourth-order valence-electron chi connectivity index (χ4n) is 2.45. The van der Waals surface area contributed by atoms with Gasteiger partial charge in [-0.2, -0.15) is 0 Å². The second-order valence-corrected chi connectivity index (χ2v) is 6.12. The van der Waals surface area contributed by atoms with Gasteiger partial charge in [-0.1, -0.05) is 64.4 Å². The van der Waals surface area contributed by atoms with Crippen LogP contribution in [0.5, 0.6) is 5.75 Å². The first-order valence-electron chi connectivity index (χ1n) is 5.49. The molecule has 0 aromatic heterocycles. The van der Waals surface area contributed by atoms with Gasteiger partial charge >= 0.3 is 51.4 Å². The van der Waals surface area contributed by atoms with Crippen molar-refractivity contribution in [3.63, 3.8) is 0 Å². The summed E-state index contributed by atoms with van der Waals surface area (Å²) >= 11 is 0. The van der Waals surface area contributed by atoms with E-state index in [1.54, 1.807) is 12.1 Å². The first-order valence-corrected chi connectivity index (χ1v) is 5.49. The topological polar surface area (TPSA) is 23.1 Å². The van der Waals surface area contributed by atoms with Crippen LogP contribution >= 0.6 is 0 Å². The van der Waals surface area contributed by atoms with E-state index in [0.29, 0.717) is 0 Å². The van der Waals surface area contributed by atoms with Crippen LogP contribution in [0.15, 0.2) is 24.3 Å². The first kappa shape index (κ1) is 16.7. The maximum atomic E-state index is 11.8. The van der Waals surface area contributed by atoms with Crippen molar-refractivity contribution >= 4 is 0 Å². The maximum absolute atomic E-state index is 11.8. The van der Waals surface area contributed by atoms with Crippen LogP contribution in [0.2, 0.25) is 0 Å². The predicted molar refractivity (Wildman–Crippen MR) is 63.0 cm³/mol. The van der Waals surface area contributed by atoms with Crippen LogP contribution in [0, 0.1) is 5.41 Å². The molecule has 0 atom stereocenters. The Labute approximate surface area is 142 Å². The van der Waals surface area contributed by atoms with E-state index in [1.165, 1.54) is 0 Å². The molecule has 0 N–H and O–H groups in total. The zero-order chi connectivity index (χ0) is 11.7. The number of benzene rings is 1. The van der Waals surface area contributed by atoms with Crippen molar-refractivity contribution in [1.82, 2.24) is 0 Å². The van der Waals surface area contributed by atoms with Crippen molar-refractivity contribution < 1.29 is 56.5 Å². The molecule has 0 radical (unpaired) electrons. The Morgan fingerprint density at radius 3 is 1.94 bits per heavy atom. The molecule has 0 spiro atoms. The Hall–Kier alpha value is 0.656. The van der Waals surface area contributed by atoms with Crippen molar-refractivity contribution in [3.05, 3.63) is 29.8 Å². The smallest absolute Gasteiger partial charge is 0.872 e. The number of para-hydroxylation sites is 1. The third-order valence-electron chi connectivity index (χ3n) is 2.59. The summed E-state index contributed by atoms with van der Waals surface area (Å²) in [6.45, 7) is 10.9. The molecule has 0 aliphatic rings. The van der Waals surface area contributed by atoms with Crippen LogP contribution in [-0.4, -0.2) is 0 Å². The summed E-state index contributed by atoms with van der Waals surface area (Å²) in [5.74, 6) is 0.159. The minimum absolute atomic E-state index is 0. The number of hydrogen-bond donors (Lipinski definition) is 0. The van der Waals surface area contributed by atoms with E-state index in [0.717, 1.165) is 12.0 Å². The molecule has 0 amide bonds. The van der Waals surface area contributed by atoms with Gasteiger partial charge in [0.1, 0.15) is 0 Å². The van der Waals surface area contributed by atoms with E-state index in [4.69, 9.17) is 0 Å². The average molecular weight is 244 g/mol. The van der Waals surface area contributed by atoms with Gasteiger partial charge in [0.2, 0.25) is 0 Å². The summed E-state index contributed by atoms with van der Waals surface area (Å²) in [6.07, 6.45) is 1.01. The fourth-order valence-corrected chi connectivity index (χ4v) is 2.45. The largest absolute Gasteiger partial charge is 1.00 e. The van der Waals surface area contributed by atoms with Gasteiger partial charge in [0.25, 0.3) is 0 Å². The summed E-state index contributed by atoms with van der Waals surface area (Å²) in [5, 5.41) is 11.8. The summed E-state index contributed by atoms with van der Waals surface area (Å²) < 4.78 is 0. The van der Waals surface area contributed by atoms with Crippen molar-refractivity contribution in [1.29, 1.82) is 0 Å². The Morgan fingerprint density at radius 2 is 1.50 bits per heavy atom. The maximum Gasteiger partial charge on any atom is 1.00 e. The third kappa shape index (κ3) is 4.88. The predicted octanol–water partition coefficient (Wildman–Crippen LogP) is 0.478. The van der Waals surface area contributed by atoms with Crippen LogP contribution in [0.4, 0.5) is 0 Å². The third-order valence-corrected chi connectivity index (χ3v) is 2.59. The fraction of sp³-hybridized carbons (Fsp3) is 0.571. The standard InChI is InChI=1S/C14H22O.K/c1-13(2,3)10-14(4,5)11-8-6-7-9-12(11)15;/h6-9,15H,10H2,1-5H3;/q;+1/p-1. The van der Waals surface area contributed by atoms with Gasteiger partial charge in [0.05, 0.1) is 0 Å². The van der Waals surface area contributed by atoms with Crippen LogP contribution in [0.3, 0.4) is 0 Å². The Balaban J connectivity index is 0.00000225. The number of rotatable bonds is 2. The molecule has 1 nitrogen and oxygen atoms in total. The van der Waals surface area contributed by atoms with E-state index in [1.807, 2.05) is 12.1 Å². The van der Waals surface area contributed by atoms with Crippen molar-refractivity contribution in [2.45, 2.75) is 46.5 Å². The van der Waals surface area contributed by atoms with Crippen molar-refractivity contribution in [2.24, 2.45) is 5.41 Å². The molecular formula is C14H21KO. The van der Waals surface area contributed by atoms with Crippen molar-refractivity contribution in [2.75, 3.05) is 0 Å². The van der Waals surface area contributed by atoms with Gasteiger partial charge in [-0.3, -0.25) is 0 Å². The zero-order valence-corrected chi connectivity index (χ0v) is 14.5. The summed E-state index contributed by atoms with van der Waals surface area (Å²) in [6, 6.07) is 7.36.